The van der Waals surface area contributed by atoms with Crippen molar-refractivity contribution in [3.8, 4) is 0 Å². The molecular formula is C18H28O7. The lowest BCUT2D eigenvalue weighted by atomic mass is 9.57. The molecule has 0 saturated heterocycles. The van der Waals surface area contributed by atoms with E-state index in [0.29, 0.717) is 25.7 Å². The van der Waals surface area contributed by atoms with Crippen molar-refractivity contribution < 1.29 is 35.1 Å². The highest BCUT2D eigenvalue weighted by Gasteiger charge is 2.52. The van der Waals surface area contributed by atoms with Crippen molar-refractivity contribution in [2.45, 2.75) is 51.0 Å². The maximum absolute atomic E-state index is 11.1. The smallest absolute Gasteiger partial charge is 0.328 e. The van der Waals surface area contributed by atoms with E-state index in [9.17, 15) is 24.9 Å². The molecule has 0 aromatic rings. The highest BCUT2D eigenvalue weighted by atomic mass is 16.4. The summed E-state index contributed by atoms with van der Waals surface area (Å²) in [5, 5.41) is 48.9. The monoisotopic (exact) mass is 356 g/mol. The SMILES string of the molecule is O=C(O)C=CC1(C=CC(=O)O)CCCCCCCC(O)C1(CO)CO. The van der Waals surface area contributed by atoms with E-state index in [0.717, 1.165) is 31.4 Å². The number of aliphatic hydroxyl groups excluding tert-OH is 3. The maximum atomic E-state index is 11.1. The molecule has 7 heteroatoms. The molecule has 142 valence electrons. The average molecular weight is 356 g/mol. The van der Waals surface area contributed by atoms with Crippen LogP contribution >= 0.6 is 0 Å². The Morgan fingerprint density at radius 3 is 1.84 bits per heavy atom. The summed E-state index contributed by atoms with van der Waals surface area (Å²) < 4.78 is 0. The Kier molecular flexibility index (Phi) is 8.28. The van der Waals surface area contributed by atoms with Gasteiger partial charge in [-0.1, -0.05) is 44.3 Å². The van der Waals surface area contributed by atoms with Crippen LogP contribution in [-0.2, 0) is 9.59 Å². The minimum Gasteiger partial charge on any atom is -0.478 e. The summed E-state index contributed by atoms with van der Waals surface area (Å²) in [6.07, 6.45) is 8.03. The highest BCUT2D eigenvalue weighted by molar-refractivity contribution is 5.81. The van der Waals surface area contributed by atoms with Crippen LogP contribution in [0.3, 0.4) is 0 Å². The van der Waals surface area contributed by atoms with Crippen molar-refractivity contribution in [2.75, 3.05) is 13.2 Å². The normalized spacial score (nSPS) is 28.2. The fourth-order valence-corrected chi connectivity index (χ4v) is 3.67. The minimum atomic E-state index is -1.47. The Morgan fingerprint density at radius 1 is 0.880 bits per heavy atom. The summed E-state index contributed by atoms with van der Waals surface area (Å²) in [6, 6.07) is 0. The van der Waals surface area contributed by atoms with Crippen molar-refractivity contribution in [3.63, 3.8) is 0 Å². The predicted octanol–water partition coefficient (Wildman–Crippen LogP) is 1.33. The first-order valence-corrected chi connectivity index (χ1v) is 8.58. The molecule has 0 radical (unpaired) electrons. The molecule has 7 nitrogen and oxygen atoms in total. The summed E-state index contributed by atoms with van der Waals surface area (Å²) in [5.41, 5.74) is -2.76. The standard InChI is InChI=1S/C18H28O7/c19-12-18(13-20)14(21)6-4-2-1-3-5-9-17(18,10-7-15(22)23)11-8-16(24)25/h7-8,10-11,14,19-21H,1-6,9,12-13H2,(H,22,23)(H,24,25). The van der Waals surface area contributed by atoms with Gasteiger partial charge in [-0.05, 0) is 12.8 Å². The van der Waals surface area contributed by atoms with Crippen molar-refractivity contribution in [1.29, 1.82) is 0 Å². The lowest BCUT2D eigenvalue weighted by Crippen LogP contribution is -2.54. The zero-order valence-electron chi connectivity index (χ0n) is 14.3. The minimum absolute atomic E-state index is 0.318. The number of carbonyl (C=O) groups is 2. The first kappa shape index (κ1) is 21.3. The molecule has 25 heavy (non-hydrogen) atoms. The number of hydrogen-bond donors (Lipinski definition) is 5. The number of rotatable bonds is 6. The Balaban J connectivity index is 3.54. The van der Waals surface area contributed by atoms with Crippen LogP contribution in [0.25, 0.3) is 0 Å². The molecule has 1 aliphatic rings. The Labute approximate surface area is 147 Å². The van der Waals surface area contributed by atoms with E-state index in [4.69, 9.17) is 10.2 Å². The lowest BCUT2D eigenvalue weighted by Gasteiger charge is -2.49. The number of aliphatic carboxylic acids is 2. The summed E-state index contributed by atoms with van der Waals surface area (Å²) in [4.78, 5) is 22.1. The van der Waals surface area contributed by atoms with Gasteiger partial charge < -0.3 is 25.5 Å². The Morgan fingerprint density at radius 2 is 1.36 bits per heavy atom. The second-order valence-corrected chi connectivity index (χ2v) is 6.68. The highest BCUT2D eigenvalue weighted by Crippen LogP contribution is 2.50. The van der Waals surface area contributed by atoms with Crippen LogP contribution in [0.1, 0.15) is 44.9 Å². The van der Waals surface area contributed by atoms with Crippen LogP contribution in [0.4, 0.5) is 0 Å². The molecule has 1 atom stereocenters. The van der Waals surface area contributed by atoms with Crippen LogP contribution in [0.5, 0.6) is 0 Å². The second-order valence-electron chi connectivity index (χ2n) is 6.68. The fraction of sp³-hybridized carbons (Fsp3) is 0.667. The molecule has 0 heterocycles. The maximum Gasteiger partial charge on any atom is 0.328 e. The quantitative estimate of drug-likeness (QED) is 0.453. The largest absolute Gasteiger partial charge is 0.478 e. The number of carboxylic acids is 2. The van der Waals surface area contributed by atoms with Gasteiger partial charge in [0.25, 0.3) is 0 Å². The molecule has 0 spiro atoms. The van der Waals surface area contributed by atoms with E-state index in [-0.39, 0.29) is 0 Å². The molecule has 1 saturated carbocycles. The molecule has 1 fully saturated rings. The number of allylic oxidation sites excluding steroid dienone is 2. The molecule has 0 aromatic heterocycles. The van der Waals surface area contributed by atoms with E-state index < -0.39 is 42.1 Å². The zero-order chi connectivity index (χ0) is 18.9. The van der Waals surface area contributed by atoms with Gasteiger partial charge in [-0.2, -0.15) is 0 Å². The van der Waals surface area contributed by atoms with Gasteiger partial charge in [-0.3, -0.25) is 0 Å². The average Bonchev–Trinajstić information content (AvgIpc) is 2.57. The summed E-state index contributed by atoms with van der Waals surface area (Å²) in [5.74, 6) is -2.45. The molecule has 0 amide bonds. The van der Waals surface area contributed by atoms with Crippen LogP contribution in [0.15, 0.2) is 24.3 Å². The van der Waals surface area contributed by atoms with Gasteiger partial charge >= 0.3 is 11.9 Å². The molecule has 1 rings (SSSR count). The van der Waals surface area contributed by atoms with Gasteiger partial charge in [-0.15, -0.1) is 0 Å². The number of aliphatic hydroxyl groups is 3. The third-order valence-corrected chi connectivity index (χ3v) is 5.24. The summed E-state index contributed by atoms with van der Waals surface area (Å²) in [6.45, 7) is -1.20. The van der Waals surface area contributed by atoms with Gasteiger partial charge in [0.1, 0.15) is 0 Å². The lowest BCUT2D eigenvalue weighted by molar-refractivity contribution is -0.132. The van der Waals surface area contributed by atoms with Gasteiger partial charge in [0.2, 0.25) is 0 Å². The van der Waals surface area contributed by atoms with E-state index in [1.54, 1.807) is 0 Å². The Bertz CT molecular complexity index is 482. The van der Waals surface area contributed by atoms with Crippen molar-refractivity contribution in [1.82, 2.24) is 0 Å². The fourth-order valence-electron chi connectivity index (χ4n) is 3.67. The Hall–Kier alpha value is -1.70. The molecule has 5 N–H and O–H groups in total. The third kappa shape index (κ3) is 5.14. The van der Waals surface area contributed by atoms with Crippen LogP contribution in [0, 0.1) is 10.8 Å². The second kappa shape index (κ2) is 9.70. The van der Waals surface area contributed by atoms with Crippen LogP contribution < -0.4 is 0 Å². The van der Waals surface area contributed by atoms with Crippen LogP contribution in [-0.4, -0.2) is 56.8 Å². The van der Waals surface area contributed by atoms with E-state index in [2.05, 4.69) is 0 Å². The molecule has 0 aliphatic heterocycles. The molecule has 0 bridgehead atoms. The van der Waals surface area contributed by atoms with E-state index >= 15 is 0 Å². The van der Waals surface area contributed by atoms with Gasteiger partial charge in [0, 0.05) is 17.6 Å². The molecule has 1 unspecified atom stereocenters. The number of carboxylic acid groups (broad SMARTS) is 2. The van der Waals surface area contributed by atoms with Gasteiger partial charge in [0.05, 0.1) is 24.7 Å². The van der Waals surface area contributed by atoms with Crippen molar-refractivity contribution in [2.24, 2.45) is 10.8 Å². The third-order valence-electron chi connectivity index (χ3n) is 5.24. The van der Waals surface area contributed by atoms with E-state index in [1.807, 2.05) is 0 Å². The molecule has 1 aliphatic carbocycles. The number of hydrogen-bond acceptors (Lipinski definition) is 5. The van der Waals surface area contributed by atoms with E-state index in [1.165, 1.54) is 12.2 Å². The van der Waals surface area contributed by atoms with Crippen molar-refractivity contribution in [3.05, 3.63) is 24.3 Å². The summed E-state index contributed by atoms with van der Waals surface area (Å²) >= 11 is 0. The summed E-state index contributed by atoms with van der Waals surface area (Å²) in [7, 11) is 0. The molecular weight excluding hydrogens is 328 g/mol. The van der Waals surface area contributed by atoms with Crippen LogP contribution in [0.2, 0.25) is 0 Å². The van der Waals surface area contributed by atoms with Gasteiger partial charge in [0.15, 0.2) is 0 Å². The topological polar surface area (TPSA) is 135 Å². The first-order chi connectivity index (χ1) is 11.8. The predicted molar refractivity (Wildman–Crippen MR) is 90.9 cm³/mol. The van der Waals surface area contributed by atoms with Crippen molar-refractivity contribution >= 4 is 11.9 Å². The van der Waals surface area contributed by atoms with Gasteiger partial charge in [-0.25, -0.2) is 9.59 Å². The molecule has 0 aromatic carbocycles. The zero-order valence-corrected chi connectivity index (χ0v) is 14.3. The first-order valence-electron chi connectivity index (χ1n) is 8.58.